The minimum Gasteiger partial charge on any atom is -0.468 e. The Morgan fingerprint density at radius 1 is 1.37 bits per heavy atom. The van der Waals surface area contributed by atoms with Crippen molar-refractivity contribution in [1.82, 2.24) is 5.32 Å². The Kier molecular flexibility index (Phi) is 4.65. The van der Waals surface area contributed by atoms with Crippen molar-refractivity contribution in [3.05, 3.63) is 0 Å². The fourth-order valence-corrected chi connectivity index (χ4v) is 2.15. The van der Waals surface area contributed by atoms with Gasteiger partial charge in [-0.1, -0.05) is 0 Å². The monoisotopic (exact) mass is 271 g/mol. The number of rotatable bonds is 5. The van der Waals surface area contributed by atoms with Crippen molar-refractivity contribution in [1.29, 1.82) is 0 Å². The van der Waals surface area contributed by atoms with Gasteiger partial charge >= 0.3 is 5.97 Å². The van der Waals surface area contributed by atoms with Gasteiger partial charge in [0.25, 0.3) is 0 Å². The predicted molar refractivity (Wildman–Crippen MR) is 67.9 cm³/mol. The first kappa shape index (κ1) is 15.6. The summed E-state index contributed by atoms with van der Waals surface area (Å²) in [6.45, 7) is 3.08. The quantitative estimate of drug-likeness (QED) is 0.533. The number of methoxy groups -OCH3 is 1. The first-order chi connectivity index (χ1) is 8.74. The highest BCUT2D eigenvalue weighted by molar-refractivity contribution is 5.98. The maximum Gasteiger partial charge on any atom is 0.326 e. The third-order valence-electron chi connectivity index (χ3n) is 3.58. The molecule has 0 spiro atoms. The van der Waals surface area contributed by atoms with E-state index in [-0.39, 0.29) is 5.78 Å². The number of hydrogen-bond acceptors (Lipinski definition) is 6. The van der Waals surface area contributed by atoms with Crippen molar-refractivity contribution < 1.29 is 19.1 Å². The molecule has 4 atom stereocenters. The van der Waals surface area contributed by atoms with Gasteiger partial charge in [0.15, 0.2) is 5.78 Å². The van der Waals surface area contributed by atoms with Crippen molar-refractivity contribution in [2.45, 2.75) is 44.3 Å². The maximum atomic E-state index is 12.2. The van der Waals surface area contributed by atoms with Crippen LogP contribution in [0.3, 0.4) is 0 Å². The molecule has 1 rings (SSSR count). The number of nitrogens with two attached hydrogens (primary N) is 2. The van der Waals surface area contributed by atoms with Crippen molar-refractivity contribution in [3.63, 3.8) is 0 Å². The molecule has 1 aliphatic rings. The second-order valence-corrected chi connectivity index (χ2v) is 5.04. The van der Waals surface area contributed by atoms with E-state index < -0.39 is 35.4 Å². The van der Waals surface area contributed by atoms with E-state index in [4.69, 9.17) is 11.5 Å². The van der Waals surface area contributed by atoms with E-state index in [1.165, 1.54) is 14.0 Å². The van der Waals surface area contributed by atoms with Gasteiger partial charge in [-0.05, 0) is 26.7 Å². The molecule has 1 amide bonds. The van der Waals surface area contributed by atoms with Gasteiger partial charge in [0, 0.05) is 5.92 Å². The van der Waals surface area contributed by atoms with Crippen molar-refractivity contribution in [2.75, 3.05) is 7.11 Å². The van der Waals surface area contributed by atoms with E-state index in [1.807, 2.05) is 0 Å². The lowest BCUT2D eigenvalue weighted by Crippen LogP contribution is -2.66. The number of ketones is 1. The van der Waals surface area contributed by atoms with Crippen molar-refractivity contribution in [3.8, 4) is 0 Å². The second kappa shape index (κ2) is 5.66. The molecule has 5 N–H and O–H groups in total. The molecule has 1 saturated carbocycles. The standard InChI is InChI=1S/C12H21N3O4/c1-6(13)10(17)15-7(2)9(16)8-4-5-12(8,14)11(18)19-3/h6-8H,4-5,13-14H2,1-3H3,(H,15,17)/t6-,7-,8?,12?/m0/s1. The molecular weight excluding hydrogens is 250 g/mol. The SMILES string of the molecule is COC(=O)C1(N)CCC1C(=O)[C@H](C)NC(=O)[C@H](C)N. The maximum absolute atomic E-state index is 12.2. The van der Waals surface area contributed by atoms with Crippen LogP contribution in [-0.2, 0) is 19.1 Å². The van der Waals surface area contributed by atoms with Crippen LogP contribution in [0.5, 0.6) is 0 Å². The van der Waals surface area contributed by atoms with E-state index in [1.54, 1.807) is 6.92 Å². The Morgan fingerprint density at radius 2 is 1.95 bits per heavy atom. The summed E-state index contributed by atoms with van der Waals surface area (Å²) in [7, 11) is 1.23. The Bertz CT molecular complexity index is 396. The predicted octanol–water partition coefficient (Wildman–Crippen LogP) is -1.31. The largest absolute Gasteiger partial charge is 0.468 e. The molecule has 0 aromatic carbocycles. The Morgan fingerprint density at radius 3 is 2.32 bits per heavy atom. The van der Waals surface area contributed by atoms with E-state index >= 15 is 0 Å². The van der Waals surface area contributed by atoms with Crippen LogP contribution in [0.25, 0.3) is 0 Å². The van der Waals surface area contributed by atoms with Crippen molar-refractivity contribution >= 4 is 17.7 Å². The van der Waals surface area contributed by atoms with Crippen LogP contribution in [0.1, 0.15) is 26.7 Å². The molecule has 7 nitrogen and oxygen atoms in total. The number of nitrogens with one attached hydrogen (secondary N) is 1. The summed E-state index contributed by atoms with van der Waals surface area (Å²) in [6, 6.07) is -1.42. The number of carbonyl (C=O) groups is 3. The third kappa shape index (κ3) is 2.93. The summed E-state index contributed by atoms with van der Waals surface area (Å²) >= 11 is 0. The average molecular weight is 271 g/mol. The smallest absolute Gasteiger partial charge is 0.326 e. The highest BCUT2D eigenvalue weighted by Gasteiger charge is 2.54. The number of amides is 1. The molecule has 1 fully saturated rings. The lowest BCUT2D eigenvalue weighted by molar-refractivity contribution is -0.158. The zero-order valence-corrected chi connectivity index (χ0v) is 11.4. The van der Waals surface area contributed by atoms with Crippen LogP contribution in [0.15, 0.2) is 0 Å². The average Bonchev–Trinajstić information content (AvgIpc) is 2.34. The number of carbonyl (C=O) groups excluding carboxylic acids is 3. The van der Waals surface area contributed by atoms with Gasteiger partial charge in [-0.25, -0.2) is 0 Å². The number of esters is 1. The Balaban J connectivity index is 2.68. The first-order valence-electron chi connectivity index (χ1n) is 6.21. The van der Waals surface area contributed by atoms with Gasteiger partial charge in [0.2, 0.25) is 5.91 Å². The highest BCUT2D eigenvalue weighted by atomic mass is 16.5. The summed E-state index contributed by atoms with van der Waals surface area (Å²) in [6.07, 6.45) is 0.923. The van der Waals surface area contributed by atoms with Crippen LogP contribution in [-0.4, -0.2) is 42.4 Å². The van der Waals surface area contributed by atoms with Gasteiger partial charge in [0.1, 0.15) is 5.54 Å². The van der Waals surface area contributed by atoms with Gasteiger partial charge < -0.3 is 21.5 Å². The lowest BCUT2D eigenvalue weighted by Gasteiger charge is -2.43. The molecule has 19 heavy (non-hydrogen) atoms. The van der Waals surface area contributed by atoms with E-state index in [2.05, 4.69) is 10.1 Å². The van der Waals surface area contributed by atoms with Gasteiger partial charge in [-0.2, -0.15) is 0 Å². The molecule has 0 bridgehead atoms. The summed E-state index contributed by atoms with van der Waals surface area (Å²) in [4.78, 5) is 35.2. The lowest BCUT2D eigenvalue weighted by atomic mass is 9.64. The Labute approximate surface area is 112 Å². The molecule has 0 saturated heterocycles. The van der Waals surface area contributed by atoms with Gasteiger partial charge in [-0.15, -0.1) is 0 Å². The summed E-state index contributed by atoms with van der Waals surface area (Å²) in [5, 5.41) is 2.50. The zero-order chi connectivity index (χ0) is 14.8. The van der Waals surface area contributed by atoms with Crippen LogP contribution >= 0.6 is 0 Å². The molecule has 0 heterocycles. The first-order valence-corrected chi connectivity index (χ1v) is 6.21. The van der Waals surface area contributed by atoms with Gasteiger partial charge in [0.05, 0.1) is 19.2 Å². The van der Waals surface area contributed by atoms with E-state index in [0.717, 1.165) is 0 Å². The van der Waals surface area contributed by atoms with E-state index in [9.17, 15) is 14.4 Å². The molecule has 0 radical (unpaired) electrons. The molecule has 2 unspecified atom stereocenters. The minimum atomic E-state index is -1.26. The molecule has 7 heteroatoms. The minimum absolute atomic E-state index is 0.270. The fraction of sp³-hybridized carbons (Fsp3) is 0.750. The van der Waals surface area contributed by atoms with Crippen LogP contribution in [0.4, 0.5) is 0 Å². The molecule has 108 valence electrons. The van der Waals surface area contributed by atoms with Crippen LogP contribution in [0.2, 0.25) is 0 Å². The molecular formula is C12H21N3O4. The Hall–Kier alpha value is -1.47. The number of Topliss-reactive ketones (excluding diaryl/α,β-unsaturated/α-hetero) is 1. The summed E-state index contributed by atoms with van der Waals surface area (Å²) < 4.78 is 4.61. The number of ether oxygens (including phenoxy) is 1. The normalized spacial score (nSPS) is 28.8. The number of hydrogen-bond donors (Lipinski definition) is 3. The topological polar surface area (TPSA) is 125 Å². The summed E-state index contributed by atoms with van der Waals surface area (Å²) in [5.41, 5.74) is 10.0. The van der Waals surface area contributed by atoms with Crippen LogP contribution < -0.4 is 16.8 Å². The highest BCUT2D eigenvalue weighted by Crippen LogP contribution is 2.38. The second-order valence-electron chi connectivity index (χ2n) is 5.04. The third-order valence-corrected chi connectivity index (χ3v) is 3.58. The summed E-state index contributed by atoms with van der Waals surface area (Å²) in [5.74, 6) is -1.90. The van der Waals surface area contributed by atoms with E-state index in [0.29, 0.717) is 12.8 Å². The molecule has 0 aromatic rings. The van der Waals surface area contributed by atoms with Gasteiger partial charge in [-0.3, -0.25) is 14.4 Å². The molecule has 1 aliphatic carbocycles. The van der Waals surface area contributed by atoms with Crippen molar-refractivity contribution in [2.24, 2.45) is 17.4 Å². The molecule has 0 aromatic heterocycles. The molecule has 0 aliphatic heterocycles. The fourth-order valence-electron chi connectivity index (χ4n) is 2.15. The zero-order valence-electron chi connectivity index (χ0n) is 11.4. The van der Waals surface area contributed by atoms with Crippen LogP contribution in [0, 0.1) is 5.92 Å².